The molecule has 0 aliphatic heterocycles. The molecule has 0 radical (unpaired) electrons. The van der Waals surface area contributed by atoms with Gasteiger partial charge in [-0.15, -0.1) is 0 Å². The van der Waals surface area contributed by atoms with Crippen LogP contribution in [0.15, 0.2) is 24.3 Å². The largest absolute Gasteiger partial charge is 0.458 e. The maximum absolute atomic E-state index is 12.7. The second-order valence-electron chi connectivity index (χ2n) is 10.1. The Morgan fingerprint density at radius 2 is 1.86 bits per heavy atom. The van der Waals surface area contributed by atoms with Crippen LogP contribution in [0, 0.1) is 29.1 Å². The molecule has 3 nitrogen and oxygen atoms in total. The number of hydrogen-bond donors (Lipinski definition) is 1. The van der Waals surface area contributed by atoms with E-state index in [-0.39, 0.29) is 12.1 Å². The van der Waals surface area contributed by atoms with Gasteiger partial charge in [0.2, 0.25) is 0 Å². The Labute approximate surface area is 171 Å². The molecule has 0 heterocycles. The van der Waals surface area contributed by atoms with Crippen LogP contribution in [0.2, 0.25) is 0 Å². The average molecular weight is 386 g/mol. The van der Waals surface area contributed by atoms with Gasteiger partial charge in [-0.3, -0.25) is 0 Å². The second kappa shape index (κ2) is 8.88. The molecule has 2 N–H and O–H groups in total. The number of nitrogens with two attached hydrogens (primary N) is 1. The summed E-state index contributed by atoms with van der Waals surface area (Å²) in [5.74, 6) is 2.65. The van der Waals surface area contributed by atoms with E-state index in [9.17, 15) is 4.79 Å². The van der Waals surface area contributed by atoms with Gasteiger partial charge in [0.05, 0.1) is 5.56 Å². The van der Waals surface area contributed by atoms with Crippen LogP contribution in [-0.4, -0.2) is 12.1 Å². The fourth-order valence-electron chi connectivity index (χ4n) is 6.11. The fourth-order valence-corrected chi connectivity index (χ4v) is 6.11. The van der Waals surface area contributed by atoms with Crippen molar-refractivity contribution in [3.05, 3.63) is 29.8 Å². The third-order valence-electron chi connectivity index (χ3n) is 7.67. The summed E-state index contributed by atoms with van der Waals surface area (Å²) in [6.45, 7) is 9.58. The van der Waals surface area contributed by atoms with Crippen molar-refractivity contribution in [2.75, 3.05) is 5.73 Å². The summed E-state index contributed by atoms with van der Waals surface area (Å²) in [7, 11) is 0. The van der Waals surface area contributed by atoms with Crippen molar-refractivity contribution in [1.29, 1.82) is 0 Å². The van der Waals surface area contributed by atoms with Gasteiger partial charge in [0, 0.05) is 11.6 Å². The molecule has 0 amide bonds. The van der Waals surface area contributed by atoms with Crippen molar-refractivity contribution < 1.29 is 9.53 Å². The molecule has 3 heteroatoms. The van der Waals surface area contributed by atoms with Gasteiger partial charge in [0.15, 0.2) is 0 Å². The van der Waals surface area contributed by atoms with Crippen molar-refractivity contribution in [1.82, 2.24) is 0 Å². The molecule has 2 aliphatic carbocycles. The lowest BCUT2D eigenvalue weighted by molar-refractivity contribution is -0.0473. The van der Waals surface area contributed by atoms with Crippen LogP contribution in [0.25, 0.3) is 0 Å². The van der Waals surface area contributed by atoms with Gasteiger partial charge in [0.1, 0.15) is 6.10 Å². The third-order valence-corrected chi connectivity index (χ3v) is 7.67. The number of nitrogen functional groups attached to an aromatic ring is 1. The molecule has 0 aromatic heterocycles. The minimum atomic E-state index is -0.192. The van der Waals surface area contributed by atoms with Crippen LogP contribution >= 0.6 is 0 Å². The maximum atomic E-state index is 12.7. The van der Waals surface area contributed by atoms with E-state index in [1.807, 2.05) is 0 Å². The molecular formula is C25H39NO2. The van der Waals surface area contributed by atoms with E-state index in [2.05, 4.69) is 27.7 Å². The zero-order valence-corrected chi connectivity index (χ0v) is 18.2. The lowest BCUT2D eigenvalue weighted by Crippen LogP contribution is -2.43. The second-order valence-corrected chi connectivity index (χ2v) is 10.1. The van der Waals surface area contributed by atoms with Crippen LogP contribution in [-0.2, 0) is 4.74 Å². The summed E-state index contributed by atoms with van der Waals surface area (Å²) >= 11 is 0. The SMILES string of the molecule is CC(C)CCC[C@@H](C)[C@H]1CC[C@H]2[C@@H](OC(=O)c3ccc(N)cc3)CCC[C@]12C. The molecule has 2 aliphatic rings. The molecule has 156 valence electrons. The zero-order chi connectivity index (χ0) is 20.3. The van der Waals surface area contributed by atoms with Crippen LogP contribution in [0.4, 0.5) is 5.69 Å². The molecule has 0 bridgehead atoms. The fraction of sp³-hybridized carbons (Fsp3) is 0.720. The first-order valence-corrected chi connectivity index (χ1v) is 11.4. The average Bonchev–Trinajstić information content (AvgIpc) is 3.00. The monoisotopic (exact) mass is 385 g/mol. The van der Waals surface area contributed by atoms with E-state index in [0.29, 0.717) is 22.6 Å². The lowest BCUT2D eigenvalue weighted by Gasteiger charge is -2.46. The van der Waals surface area contributed by atoms with E-state index in [1.165, 1.54) is 44.9 Å². The molecule has 1 aromatic carbocycles. The Morgan fingerprint density at radius 1 is 1.14 bits per heavy atom. The molecule has 0 unspecified atom stereocenters. The van der Waals surface area contributed by atoms with E-state index in [1.54, 1.807) is 24.3 Å². The Kier molecular flexibility index (Phi) is 6.73. The summed E-state index contributed by atoms with van der Waals surface area (Å²) in [6, 6.07) is 7.08. The van der Waals surface area contributed by atoms with Crippen molar-refractivity contribution in [2.45, 2.75) is 85.2 Å². The van der Waals surface area contributed by atoms with Gasteiger partial charge in [-0.2, -0.15) is 0 Å². The molecule has 2 fully saturated rings. The summed E-state index contributed by atoms with van der Waals surface area (Å²) in [5.41, 5.74) is 7.34. The lowest BCUT2D eigenvalue weighted by atomic mass is 9.61. The normalized spacial score (nSPS) is 30.8. The van der Waals surface area contributed by atoms with E-state index >= 15 is 0 Å². The number of ether oxygens (including phenoxy) is 1. The molecule has 2 saturated carbocycles. The minimum absolute atomic E-state index is 0.0664. The van der Waals surface area contributed by atoms with E-state index in [4.69, 9.17) is 10.5 Å². The third kappa shape index (κ3) is 4.55. The highest BCUT2D eigenvalue weighted by atomic mass is 16.5. The van der Waals surface area contributed by atoms with Crippen molar-refractivity contribution >= 4 is 11.7 Å². The number of carbonyl (C=O) groups is 1. The van der Waals surface area contributed by atoms with Gasteiger partial charge in [-0.05, 0) is 79.5 Å². The number of hydrogen-bond acceptors (Lipinski definition) is 3. The number of esters is 1. The number of benzene rings is 1. The number of carbonyl (C=O) groups excluding carboxylic acids is 1. The van der Waals surface area contributed by atoms with Gasteiger partial charge in [0.25, 0.3) is 0 Å². The van der Waals surface area contributed by atoms with Gasteiger partial charge >= 0.3 is 5.97 Å². The summed E-state index contributed by atoms with van der Waals surface area (Å²) in [6.07, 6.45) is 10.0. The number of fused-ring (bicyclic) bond motifs is 1. The summed E-state index contributed by atoms with van der Waals surface area (Å²) in [4.78, 5) is 12.7. The molecular weight excluding hydrogens is 346 g/mol. The van der Waals surface area contributed by atoms with E-state index < -0.39 is 0 Å². The molecule has 3 rings (SSSR count). The summed E-state index contributed by atoms with van der Waals surface area (Å²) in [5, 5.41) is 0. The highest BCUT2D eigenvalue weighted by molar-refractivity contribution is 5.89. The molecule has 1 aromatic rings. The number of anilines is 1. The van der Waals surface area contributed by atoms with Gasteiger partial charge in [-0.1, -0.05) is 47.0 Å². The quantitative estimate of drug-likeness (QED) is 0.432. The Bertz CT molecular complexity index is 653. The van der Waals surface area contributed by atoms with Crippen molar-refractivity contribution in [3.8, 4) is 0 Å². The first-order chi connectivity index (χ1) is 13.3. The van der Waals surface area contributed by atoms with Gasteiger partial charge in [-0.25, -0.2) is 4.79 Å². The Balaban J connectivity index is 1.64. The predicted octanol–water partition coefficient (Wildman–Crippen LogP) is 6.47. The Morgan fingerprint density at radius 3 is 2.54 bits per heavy atom. The van der Waals surface area contributed by atoms with Crippen LogP contribution in [0.5, 0.6) is 0 Å². The van der Waals surface area contributed by atoms with Crippen molar-refractivity contribution in [2.24, 2.45) is 29.1 Å². The Hall–Kier alpha value is -1.51. The van der Waals surface area contributed by atoms with E-state index in [0.717, 1.165) is 24.2 Å². The highest BCUT2D eigenvalue weighted by Gasteiger charge is 2.53. The zero-order valence-electron chi connectivity index (χ0n) is 18.2. The van der Waals surface area contributed by atoms with Gasteiger partial charge < -0.3 is 10.5 Å². The standard InChI is InChI=1S/C25H39NO2/c1-17(2)7-5-8-18(3)21-14-15-22-23(9-6-16-25(21,22)4)28-24(27)19-10-12-20(26)13-11-19/h10-13,17-18,21-23H,5-9,14-16,26H2,1-4H3/t18-,21-,22+,23+,25-/m1/s1. The predicted molar refractivity (Wildman–Crippen MR) is 116 cm³/mol. The minimum Gasteiger partial charge on any atom is -0.458 e. The summed E-state index contributed by atoms with van der Waals surface area (Å²) < 4.78 is 6.06. The molecule has 0 saturated heterocycles. The first kappa shape index (κ1) is 21.2. The smallest absolute Gasteiger partial charge is 0.338 e. The topological polar surface area (TPSA) is 52.3 Å². The molecule has 0 spiro atoms. The number of rotatable bonds is 7. The van der Waals surface area contributed by atoms with Crippen LogP contribution in [0.3, 0.4) is 0 Å². The van der Waals surface area contributed by atoms with Crippen LogP contribution < -0.4 is 5.73 Å². The maximum Gasteiger partial charge on any atom is 0.338 e. The van der Waals surface area contributed by atoms with Crippen molar-refractivity contribution in [3.63, 3.8) is 0 Å². The first-order valence-electron chi connectivity index (χ1n) is 11.4. The highest BCUT2D eigenvalue weighted by Crippen LogP contribution is 2.58. The molecule has 28 heavy (non-hydrogen) atoms. The molecule has 5 atom stereocenters. The van der Waals surface area contributed by atoms with Crippen LogP contribution in [0.1, 0.15) is 89.4 Å².